The van der Waals surface area contributed by atoms with E-state index in [1.165, 1.54) is 12.8 Å². The molecule has 4 atom stereocenters. The van der Waals surface area contributed by atoms with Gasteiger partial charge in [-0.1, -0.05) is 104 Å². The van der Waals surface area contributed by atoms with Crippen LogP contribution in [0.1, 0.15) is 54.0 Å². The molecule has 3 heterocycles. The third-order valence-electron chi connectivity index (χ3n) is 8.69. The van der Waals surface area contributed by atoms with Crippen molar-refractivity contribution < 1.29 is 18.9 Å². The normalized spacial score (nSPS) is 21.7. The van der Waals surface area contributed by atoms with Gasteiger partial charge in [0.2, 0.25) is 5.28 Å². The van der Waals surface area contributed by atoms with Crippen LogP contribution in [0.15, 0.2) is 96.4 Å². The summed E-state index contributed by atoms with van der Waals surface area (Å²) in [6.45, 7) is 1.67. The Balaban J connectivity index is 1.20. The van der Waals surface area contributed by atoms with Crippen LogP contribution in [0.5, 0.6) is 0 Å². The lowest BCUT2D eigenvalue weighted by Gasteiger charge is -2.25. The number of ether oxygens (including phenoxy) is 4. The van der Waals surface area contributed by atoms with E-state index in [0.29, 0.717) is 32.5 Å². The van der Waals surface area contributed by atoms with Gasteiger partial charge in [-0.05, 0) is 46.5 Å². The standard InChI is InChI=1S/C37H38ClN3O4S/c38-37-40-31-29(24-46-35(31)36(41-37)39-28-18-10-11-19-28)32-34(44-22-27-16-8-3-9-17-27)33(43-21-26-14-6-2-7-15-26)30(45-32)23-42-20-25-12-4-1-5-13-25/h1-9,12-17,24,28,30,32-34H,10-11,18-23H2,(H,39,40,41)/t30-,32+,33-,34+/m1/s1. The van der Waals surface area contributed by atoms with Crippen molar-refractivity contribution in [2.75, 3.05) is 11.9 Å². The van der Waals surface area contributed by atoms with E-state index in [4.69, 9.17) is 35.5 Å². The Hall–Kier alpha value is -3.37. The van der Waals surface area contributed by atoms with E-state index in [-0.39, 0.29) is 11.4 Å². The Kier molecular flexibility index (Phi) is 10.2. The van der Waals surface area contributed by atoms with Gasteiger partial charge in [0.05, 0.1) is 36.6 Å². The number of thiophene rings is 1. The lowest BCUT2D eigenvalue weighted by molar-refractivity contribution is -0.0898. The second-order valence-corrected chi connectivity index (χ2v) is 13.2. The maximum atomic E-state index is 6.87. The predicted molar refractivity (Wildman–Crippen MR) is 182 cm³/mol. The molecule has 1 aliphatic heterocycles. The average Bonchev–Trinajstić information content (AvgIpc) is 3.84. The number of nitrogens with one attached hydrogen (secondary N) is 1. The van der Waals surface area contributed by atoms with Crippen molar-refractivity contribution in [1.82, 2.24) is 9.97 Å². The second-order valence-electron chi connectivity index (χ2n) is 12.0. The lowest BCUT2D eigenvalue weighted by Crippen LogP contribution is -2.37. The van der Waals surface area contributed by atoms with Crippen molar-refractivity contribution in [2.24, 2.45) is 0 Å². The fourth-order valence-electron chi connectivity index (χ4n) is 6.37. The van der Waals surface area contributed by atoms with Crippen molar-refractivity contribution in [3.05, 3.63) is 124 Å². The van der Waals surface area contributed by atoms with Gasteiger partial charge in [-0.3, -0.25) is 0 Å². The third-order valence-corrected chi connectivity index (χ3v) is 9.86. The van der Waals surface area contributed by atoms with Crippen LogP contribution in [0, 0.1) is 0 Å². The summed E-state index contributed by atoms with van der Waals surface area (Å²) in [6.07, 6.45) is 3.07. The largest absolute Gasteiger partial charge is 0.374 e. The van der Waals surface area contributed by atoms with E-state index in [1.54, 1.807) is 11.3 Å². The molecule has 5 aromatic rings. The van der Waals surface area contributed by atoms with Gasteiger partial charge in [0.25, 0.3) is 0 Å². The minimum Gasteiger partial charge on any atom is -0.374 e. The van der Waals surface area contributed by atoms with Crippen LogP contribution in [-0.4, -0.2) is 40.9 Å². The lowest BCUT2D eigenvalue weighted by atomic mass is 10.0. The molecule has 0 spiro atoms. The molecule has 0 amide bonds. The topological polar surface area (TPSA) is 74.7 Å². The Bertz CT molecular complexity index is 1690. The van der Waals surface area contributed by atoms with Crippen LogP contribution in [0.3, 0.4) is 0 Å². The van der Waals surface area contributed by atoms with Crippen molar-refractivity contribution in [3.63, 3.8) is 0 Å². The van der Waals surface area contributed by atoms with Crippen LogP contribution in [0.4, 0.5) is 5.82 Å². The van der Waals surface area contributed by atoms with Gasteiger partial charge in [0.15, 0.2) is 0 Å². The molecule has 0 radical (unpaired) electrons. The van der Waals surface area contributed by atoms with E-state index in [9.17, 15) is 0 Å². The highest BCUT2D eigenvalue weighted by Gasteiger charge is 2.48. The number of anilines is 1. The molecule has 0 unspecified atom stereocenters. The number of hydrogen-bond donors (Lipinski definition) is 1. The number of rotatable bonds is 13. The first-order chi connectivity index (χ1) is 22.7. The predicted octanol–water partition coefficient (Wildman–Crippen LogP) is 8.53. The number of nitrogens with zero attached hydrogens (tertiary/aromatic N) is 2. The highest BCUT2D eigenvalue weighted by Crippen LogP contribution is 2.44. The van der Waals surface area contributed by atoms with Crippen molar-refractivity contribution in [1.29, 1.82) is 0 Å². The molecule has 2 aromatic heterocycles. The van der Waals surface area contributed by atoms with E-state index in [0.717, 1.165) is 51.1 Å². The number of fused-ring (bicyclic) bond motifs is 1. The minimum absolute atomic E-state index is 0.215. The first-order valence-electron chi connectivity index (χ1n) is 16.0. The SMILES string of the molecule is Clc1nc(NC2CCCC2)c2scc([C@@H]3O[C@H](COCc4ccccc4)[C@@H](OCc4ccccc4)[C@H]3OCc3ccccc3)c2n1. The smallest absolute Gasteiger partial charge is 0.224 e. The summed E-state index contributed by atoms with van der Waals surface area (Å²) in [6, 6.07) is 30.9. The van der Waals surface area contributed by atoms with E-state index >= 15 is 0 Å². The van der Waals surface area contributed by atoms with Gasteiger partial charge in [-0.25, -0.2) is 4.98 Å². The summed E-state index contributed by atoms with van der Waals surface area (Å²) in [5, 5.41) is 5.97. The maximum Gasteiger partial charge on any atom is 0.224 e. The van der Waals surface area contributed by atoms with Crippen LogP contribution in [0.2, 0.25) is 5.28 Å². The number of aromatic nitrogens is 2. The highest BCUT2D eigenvalue weighted by atomic mass is 35.5. The molecular formula is C37H38ClN3O4S. The number of halogens is 1. The molecule has 46 heavy (non-hydrogen) atoms. The zero-order valence-electron chi connectivity index (χ0n) is 25.6. The molecule has 7 rings (SSSR count). The summed E-state index contributed by atoms with van der Waals surface area (Å²) >= 11 is 8.16. The van der Waals surface area contributed by atoms with Gasteiger partial charge < -0.3 is 24.3 Å². The molecule has 2 aliphatic rings. The molecule has 9 heteroatoms. The molecule has 1 N–H and O–H groups in total. The molecule has 1 saturated heterocycles. The molecular weight excluding hydrogens is 618 g/mol. The zero-order valence-corrected chi connectivity index (χ0v) is 27.2. The van der Waals surface area contributed by atoms with E-state index in [2.05, 4.69) is 52.1 Å². The summed E-state index contributed by atoms with van der Waals surface area (Å²) in [5.41, 5.74) is 4.98. The van der Waals surface area contributed by atoms with Crippen LogP contribution < -0.4 is 5.32 Å². The fourth-order valence-corrected chi connectivity index (χ4v) is 7.52. The van der Waals surface area contributed by atoms with Gasteiger partial charge in [-0.15, -0.1) is 11.3 Å². The van der Waals surface area contributed by atoms with Crippen molar-refractivity contribution in [2.45, 2.75) is 76.0 Å². The molecule has 2 fully saturated rings. The summed E-state index contributed by atoms with van der Waals surface area (Å²) in [5.74, 6) is 0.789. The highest BCUT2D eigenvalue weighted by molar-refractivity contribution is 7.18. The maximum absolute atomic E-state index is 6.87. The molecule has 7 nitrogen and oxygen atoms in total. The molecule has 238 valence electrons. The molecule has 1 aliphatic carbocycles. The van der Waals surface area contributed by atoms with Gasteiger partial charge in [-0.2, -0.15) is 4.98 Å². The zero-order chi connectivity index (χ0) is 31.1. The number of benzene rings is 3. The first-order valence-corrected chi connectivity index (χ1v) is 17.3. The fraction of sp³-hybridized carbons (Fsp3) is 0.351. The van der Waals surface area contributed by atoms with Crippen LogP contribution >= 0.6 is 22.9 Å². The van der Waals surface area contributed by atoms with E-state index < -0.39 is 18.3 Å². The van der Waals surface area contributed by atoms with Gasteiger partial charge in [0.1, 0.15) is 30.2 Å². The second kappa shape index (κ2) is 15.0. The Labute approximate surface area is 278 Å². The monoisotopic (exact) mass is 655 g/mol. The van der Waals surface area contributed by atoms with Gasteiger partial charge >= 0.3 is 0 Å². The first kappa shape index (κ1) is 31.2. The Morgan fingerprint density at radius 3 is 1.98 bits per heavy atom. The Morgan fingerprint density at radius 2 is 1.35 bits per heavy atom. The summed E-state index contributed by atoms with van der Waals surface area (Å²) in [4.78, 5) is 9.33. The van der Waals surface area contributed by atoms with Crippen molar-refractivity contribution in [3.8, 4) is 0 Å². The molecule has 1 saturated carbocycles. The number of hydrogen-bond acceptors (Lipinski definition) is 8. The minimum atomic E-state index is -0.450. The Morgan fingerprint density at radius 1 is 0.761 bits per heavy atom. The van der Waals surface area contributed by atoms with Crippen LogP contribution in [-0.2, 0) is 38.8 Å². The summed E-state index contributed by atoms with van der Waals surface area (Å²) in [7, 11) is 0. The average molecular weight is 656 g/mol. The van der Waals surface area contributed by atoms with Crippen molar-refractivity contribution >= 4 is 39.0 Å². The summed E-state index contributed by atoms with van der Waals surface area (Å²) < 4.78 is 27.5. The van der Waals surface area contributed by atoms with Gasteiger partial charge in [0, 0.05) is 11.6 Å². The quantitative estimate of drug-likeness (QED) is 0.127. The van der Waals surface area contributed by atoms with Crippen LogP contribution in [0.25, 0.3) is 10.2 Å². The van der Waals surface area contributed by atoms with E-state index in [1.807, 2.05) is 54.6 Å². The molecule has 0 bridgehead atoms. The molecule has 3 aromatic carbocycles. The third kappa shape index (κ3) is 7.44.